The maximum atomic E-state index is 11.8. The van der Waals surface area contributed by atoms with Gasteiger partial charge in [0, 0.05) is 24.8 Å². The lowest BCUT2D eigenvalue weighted by Gasteiger charge is -2.19. The Balaban J connectivity index is 0.00000512. The molecule has 32 heavy (non-hydrogen) atoms. The average molecular weight is 557 g/mol. The lowest BCUT2D eigenvalue weighted by molar-refractivity contribution is 0.0636. The lowest BCUT2D eigenvalue weighted by atomic mass is 10.1. The predicted molar refractivity (Wildman–Crippen MR) is 139 cm³/mol. The highest BCUT2D eigenvalue weighted by molar-refractivity contribution is 14.0. The van der Waals surface area contributed by atoms with Crippen molar-refractivity contribution in [3.05, 3.63) is 47.3 Å². The number of anilines is 1. The summed E-state index contributed by atoms with van der Waals surface area (Å²) in [6.45, 7) is 13.6. The number of rotatable bonds is 8. The zero-order valence-electron chi connectivity index (χ0n) is 19.8. The van der Waals surface area contributed by atoms with Gasteiger partial charge in [0.05, 0.1) is 5.69 Å². The summed E-state index contributed by atoms with van der Waals surface area (Å²) < 4.78 is 10.6. The minimum atomic E-state index is -0.522. The quantitative estimate of drug-likeness (QED) is 0.238. The smallest absolute Gasteiger partial charge is 0.412 e. The number of carbonyl (C=O) groups is 1. The lowest BCUT2D eigenvalue weighted by Crippen LogP contribution is -2.38. The van der Waals surface area contributed by atoms with Gasteiger partial charge in [0.25, 0.3) is 0 Å². The van der Waals surface area contributed by atoms with Crippen molar-refractivity contribution < 1.29 is 14.1 Å². The molecule has 3 N–H and O–H groups in total. The number of guanidine groups is 1. The van der Waals surface area contributed by atoms with Crippen LogP contribution in [-0.4, -0.2) is 35.9 Å². The van der Waals surface area contributed by atoms with E-state index in [9.17, 15) is 4.79 Å². The Morgan fingerprint density at radius 2 is 1.88 bits per heavy atom. The Labute approximate surface area is 208 Å². The van der Waals surface area contributed by atoms with E-state index in [0.717, 1.165) is 42.5 Å². The number of benzene rings is 1. The van der Waals surface area contributed by atoms with Crippen molar-refractivity contribution in [3.63, 3.8) is 0 Å². The Bertz CT molecular complexity index is 857. The van der Waals surface area contributed by atoms with Crippen molar-refractivity contribution in [2.75, 3.05) is 18.4 Å². The van der Waals surface area contributed by atoms with Crippen LogP contribution in [0, 0.1) is 0 Å². The summed E-state index contributed by atoms with van der Waals surface area (Å²) in [6.07, 6.45) is 0.359. The Kier molecular flexibility index (Phi) is 11.5. The van der Waals surface area contributed by atoms with Gasteiger partial charge in [-0.2, -0.15) is 0 Å². The van der Waals surface area contributed by atoms with Crippen LogP contribution in [0.25, 0.3) is 0 Å². The molecule has 0 saturated heterocycles. The molecule has 0 spiro atoms. The van der Waals surface area contributed by atoms with E-state index in [-0.39, 0.29) is 24.0 Å². The van der Waals surface area contributed by atoms with Gasteiger partial charge < -0.3 is 19.9 Å². The molecule has 0 aliphatic rings. The molecule has 1 heterocycles. The van der Waals surface area contributed by atoms with E-state index in [2.05, 4.69) is 39.9 Å². The second kappa shape index (κ2) is 13.3. The zero-order chi connectivity index (χ0) is 22.9. The van der Waals surface area contributed by atoms with Crippen molar-refractivity contribution in [3.8, 4) is 0 Å². The molecule has 0 atom stereocenters. The van der Waals surface area contributed by atoms with Crippen LogP contribution >= 0.6 is 24.0 Å². The van der Waals surface area contributed by atoms with Crippen molar-refractivity contribution in [2.45, 2.75) is 66.0 Å². The van der Waals surface area contributed by atoms with Crippen LogP contribution < -0.4 is 16.0 Å². The van der Waals surface area contributed by atoms with Crippen LogP contribution in [0.1, 0.15) is 64.5 Å². The number of hydrogen-bond acceptors (Lipinski definition) is 5. The van der Waals surface area contributed by atoms with E-state index in [1.54, 1.807) is 0 Å². The van der Waals surface area contributed by atoms with Gasteiger partial charge in [-0.25, -0.2) is 9.79 Å². The fourth-order valence-electron chi connectivity index (χ4n) is 2.68. The number of nitrogens with one attached hydrogen (secondary N) is 3. The minimum absolute atomic E-state index is 0. The van der Waals surface area contributed by atoms with Crippen LogP contribution in [0.2, 0.25) is 0 Å². The summed E-state index contributed by atoms with van der Waals surface area (Å²) >= 11 is 0. The van der Waals surface area contributed by atoms with Gasteiger partial charge in [-0.15, -0.1) is 24.0 Å². The SMILES string of the molecule is CCNC(=NCc1cc(C(C)C)no1)NCCc1ccc(NC(=O)OC(C)(C)C)cc1.I. The second-order valence-electron chi connectivity index (χ2n) is 8.57. The first-order chi connectivity index (χ1) is 14.7. The number of halogens is 1. The number of carbonyl (C=O) groups excluding carboxylic acids is 1. The molecule has 8 nitrogen and oxygen atoms in total. The van der Waals surface area contributed by atoms with Crippen LogP contribution in [0.15, 0.2) is 39.8 Å². The van der Waals surface area contributed by atoms with E-state index in [0.29, 0.717) is 18.2 Å². The third kappa shape index (κ3) is 10.3. The van der Waals surface area contributed by atoms with Crippen molar-refractivity contribution in [2.24, 2.45) is 4.99 Å². The minimum Gasteiger partial charge on any atom is -0.444 e. The molecule has 0 fully saturated rings. The van der Waals surface area contributed by atoms with E-state index in [1.807, 2.05) is 58.0 Å². The number of hydrogen-bond donors (Lipinski definition) is 3. The molecule has 178 valence electrons. The topological polar surface area (TPSA) is 101 Å². The molecule has 2 aromatic rings. The molecule has 0 radical (unpaired) electrons. The van der Waals surface area contributed by atoms with Gasteiger partial charge in [0.2, 0.25) is 0 Å². The van der Waals surface area contributed by atoms with Gasteiger partial charge >= 0.3 is 6.09 Å². The standard InChI is InChI=1S/C23H35N5O3.HI/c1-7-24-21(26-15-19-14-20(16(2)3)28-31-19)25-13-12-17-8-10-18(11-9-17)27-22(29)30-23(4,5)6;/h8-11,14,16H,7,12-13,15H2,1-6H3,(H,27,29)(H2,24,25,26);1H. The van der Waals surface area contributed by atoms with Gasteiger partial charge in [-0.1, -0.05) is 31.1 Å². The van der Waals surface area contributed by atoms with Crippen LogP contribution in [0.3, 0.4) is 0 Å². The van der Waals surface area contributed by atoms with E-state index >= 15 is 0 Å². The summed E-state index contributed by atoms with van der Waals surface area (Å²) in [7, 11) is 0. The number of aliphatic imine (C=N–C) groups is 1. The van der Waals surface area contributed by atoms with Gasteiger partial charge in [0.1, 0.15) is 12.1 Å². The molecule has 0 unspecified atom stereocenters. The second-order valence-corrected chi connectivity index (χ2v) is 8.57. The van der Waals surface area contributed by atoms with E-state index in [1.165, 1.54) is 0 Å². The molecule has 0 aliphatic carbocycles. The molecular formula is C23H36IN5O3. The summed E-state index contributed by atoms with van der Waals surface area (Å²) in [5.41, 5.74) is 2.27. The number of amides is 1. The average Bonchev–Trinajstić information content (AvgIpc) is 3.15. The summed E-state index contributed by atoms with van der Waals surface area (Å²) in [4.78, 5) is 16.4. The molecule has 0 saturated carbocycles. The monoisotopic (exact) mass is 557 g/mol. The Morgan fingerprint density at radius 1 is 1.19 bits per heavy atom. The first kappa shape index (κ1) is 27.7. The maximum Gasteiger partial charge on any atom is 0.412 e. The van der Waals surface area contributed by atoms with Crippen molar-refractivity contribution in [1.29, 1.82) is 0 Å². The fraction of sp³-hybridized carbons (Fsp3) is 0.522. The highest BCUT2D eigenvalue weighted by Gasteiger charge is 2.16. The van der Waals surface area contributed by atoms with Crippen LogP contribution in [0.4, 0.5) is 10.5 Å². The highest BCUT2D eigenvalue weighted by Crippen LogP contribution is 2.15. The molecule has 2 rings (SSSR count). The largest absolute Gasteiger partial charge is 0.444 e. The first-order valence-electron chi connectivity index (χ1n) is 10.7. The van der Waals surface area contributed by atoms with Crippen LogP contribution in [0.5, 0.6) is 0 Å². The number of aromatic nitrogens is 1. The summed E-state index contributed by atoms with van der Waals surface area (Å²) in [6, 6.07) is 9.66. The summed E-state index contributed by atoms with van der Waals surface area (Å²) in [5, 5.41) is 13.4. The first-order valence-corrected chi connectivity index (χ1v) is 10.7. The summed E-state index contributed by atoms with van der Waals surface area (Å²) in [5.74, 6) is 1.81. The Morgan fingerprint density at radius 3 is 2.44 bits per heavy atom. The fourth-order valence-corrected chi connectivity index (χ4v) is 2.68. The normalized spacial score (nSPS) is 11.7. The van der Waals surface area contributed by atoms with Gasteiger partial charge in [-0.3, -0.25) is 5.32 Å². The number of nitrogens with zero attached hydrogens (tertiary/aromatic N) is 2. The molecule has 1 amide bonds. The van der Waals surface area contributed by atoms with Crippen molar-refractivity contribution in [1.82, 2.24) is 15.8 Å². The van der Waals surface area contributed by atoms with Gasteiger partial charge in [0.15, 0.2) is 11.7 Å². The van der Waals surface area contributed by atoms with Crippen LogP contribution in [-0.2, 0) is 17.7 Å². The third-order valence-corrected chi connectivity index (χ3v) is 4.21. The third-order valence-electron chi connectivity index (χ3n) is 4.21. The van der Waals surface area contributed by atoms with Crippen molar-refractivity contribution >= 4 is 41.7 Å². The number of ether oxygens (including phenoxy) is 1. The predicted octanol–water partition coefficient (Wildman–Crippen LogP) is 5.06. The highest BCUT2D eigenvalue weighted by atomic mass is 127. The zero-order valence-corrected chi connectivity index (χ0v) is 22.2. The van der Waals surface area contributed by atoms with E-state index in [4.69, 9.17) is 9.26 Å². The maximum absolute atomic E-state index is 11.8. The molecule has 1 aromatic heterocycles. The molecular weight excluding hydrogens is 521 g/mol. The Hall–Kier alpha value is -2.30. The van der Waals surface area contributed by atoms with Gasteiger partial charge in [-0.05, 0) is 57.7 Å². The van der Waals surface area contributed by atoms with E-state index < -0.39 is 11.7 Å². The molecule has 1 aromatic carbocycles. The molecule has 9 heteroatoms. The molecule has 0 aliphatic heterocycles. The molecule has 0 bridgehead atoms.